The quantitative estimate of drug-likeness (QED) is 0.842. The van der Waals surface area contributed by atoms with Crippen molar-refractivity contribution in [2.24, 2.45) is 5.92 Å². The first-order valence-electron chi connectivity index (χ1n) is 6.26. The zero-order valence-electron chi connectivity index (χ0n) is 11.6. The van der Waals surface area contributed by atoms with E-state index >= 15 is 0 Å². The van der Waals surface area contributed by atoms with Crippen molar-refractivity contribution in [3.05, 3.63) is 17.9 Å². The average Bonchev–Trinajstić information content (AvgIpc) is 3.07. The van der Waals surface area contributed by atoms with Crippen molar-refractivity contribution in [2.75, 3.05) is 27.2 Å². The van der Waals surface area contributed by atoms with E-state index in [1.807, 2.05) is 0 Å². The van der Waals surface area contributed by atoms with Crippen LogP contribution in [0.2, 0.25) is 0 Å². The van der Waals surface area contributed by atoms with Gasteiger partial charge in [0.2, 0.25) is 5.09 Å². The van der Waals surface area contributed by atoms with Gasteiger partial charge in [0.15, 0.2) is 0 Å². The van der Waals surface area contributed by atoms with Crippen LogP contribution in [0.5, 0.6) is 0 Å². The lowest BCUT2D eigenvalue weighted by molar-refractivity contribution is -0.141. The molecule has 0 aliphatic carbocycles. The summed E-state index contributed by atoms with van der Waals surface area (Å²) < 4.78 is 29.7. The van der Waals surface area contributed by atoms with E-state index in [1.54, 1.807) is 0 Å². The normalized spacial score (nSPS) is 19.2. The molecule has 2 rings (SSSR count). The molecule has 1 aliphatic rings. The number of carbonyl (C=O) groups excluding carboxylic acids is 1. The summed E-state index contributed by atoms with van der Waals surface area (Å²) in [5.41, 5.74) is 0.0986. The Balaban J connectivity index is 2.16. The number of likely N-dealkylation sites (tertiary alicyclic amines) is 1. The summed E-state index contributed by atoms with van der Waals surface area (Å²) in [5.74, 6) is -1.94. The standard InChI is InChI=1S/C12H16N2O6S/c1-13(2)21(18,19)10-5-9(7-20-10)11(15)14-4-3-8(6-14)12(16)17/h5,7-8H,3-4,6H2,1-2H3,(H,16,17). The van der Waals surface area contributed by atoms with Crippen LogP contribution in [0.3, 0.4) is 0 Å². The number of hydrogen-bond acceptors (Lipinski definition) is 5. The molecule has 0 spiro atoms. The third-order valence-electron chi connectivity index (χ3n) is 3.38. The first kappa shape index (κ1) is 15.5. The molecule has 1 unspecified atom stereocenters. The Bertz CT molecular complexity index is 663. The van der Waals surface area contributed by atoms with Gasteiger partial charge in [-0.05, 0) is 6.42 Å². The summed E-state index contributed by atoms with van der Waals surface area (Å²) in [6.07, 6.45) is 1.47. The molecule has 1 aromatic heterocycles. The monoisotopic (exact) mass is 316 g/mol. The van der Waals surface area contributed by atoms with E-state index in [0.717, 1.165) is 16.6 Å². The Kier molecular flexibility index (Phi) is 4.06. The van der Waals surface area contributed by atoms with Gasteiger partial charge in [-0.15, -0.1) is 0 Å². The van der Waals surface area contributed by atoms with Crippen molar-refractivity contribution in [3.63, 3.8) is 0 Å². The van der Waals surface area contributed by atoms with E-state index in [1.165, 1.54) is 19.0 Å². The lowest BCUT2D eigenvalue weighted by atomic mass is 10.1. The van der Waals surface area contributed by atoms with Gasteiger partial charge in [-0.3, -0.25) is 9.59 Å². The largest absolute Gasteiger partial charge is 0.481 e. The zero-order chi connectivity index (χ0) is 15.8. The van der Waals surface area contributed by atoms with Gasteiger partial charge in [0, 0.05) is 33.3 Å². The van der Waals surface area contributed by atoms with E-state index in [-0.39, 0.29) is 17.2 Å². The van der Waals surface area contributed by atoms with Crippen molar-refractivity contribution in [2.45, 2.75) is 11.5 Å². The fraction of sp³-hybridized carbons (Fsp3) is 0.500. The molecule has 1 atom stereocenters. The summed E-state index contributed by atoms with van der Waals surface area (Å²) in [6.45, 7) is 0.450. The second-order valence-electron chi connectivity index (χ2n) is 5.02. The van der Waals surface area contributed by atoms with E-state index in [9.17, 15) is 18.0 Å². The Morgan fingerprint density at radius 2 is 2.10 bits per heavy atom. The van der Waals surface area contributed by atoms with Gasteiger partial charge in [0.1, 0.15) is 6.26 Å². The summed E-state index contributed by atoms with van der Waals surface area (Å²) in [7, 11) is -1.02. The third kappa shape index (κ3) is 2.93. The minimum Gasteiger partial charge on any atom is -0.481 e. The highest BCUT2D eigenvalue weighted by Gasteiger charge is 2.32. The van der Waals surface area contributed by atoms with E-state index in [4.69, 9.17) is 9.52 Å². The van der Waals surface area contributed by atoms with Crippen LogP contribution >= 0.6 is 0 Å². The highest BCUT2D eigenvalue weighted by Crippen LogP contribution is 2.22. The maximum absolute atomic E-state index is 12.2. The van der Waals surface area contributed by atoms with Gasteiger partial charge < -0.3 is 14.4 Å². The fourth-order valence-corrected chi connectivity index (χ4v) is 2.88. The van der Waals surface area contributed by atoms with E-state index in [2.05, 4.69) is 0 Å². The van der Waals surface area contributed by atoms with Crippen LogP contribution in [0.15, 0.2) is 21.8 Å². The van der Waals surface area contributed by atoms with Crippen LogP contribution in [0.1, 0.15) is 16.8 Å². The molecular weight excluding hydrogens is 300 g/mol. The topological polar surface area (TPSA) is 108 Å². The number of hydrogen-bond donors (Lipinski definition) is 1. The molecule has 8 nitrogen and oxygen atoms in total. The van der Waals surface area contributed by atoms with Gasteiger partial charge in [-0.2, -0.15) is 0 Å². The van der Waals surface area contributed by atoms with Crippen LogP contribution in [-0.2, 0) is 14.8 Å². The maximum Gasteiger partial charge on any atom is 0.308 e. The fourth-order valence-electron chi connectivity index (χ4n) is 2.07. The van der Waals surface area contributed by atoms with Crippen molar-refractivity contribution in [1.82, 2.24) is 9.21 Å². The van der Waals surface area contributed by atoms with E-state index < -0.39 is 27.8 Å². The lowest BCUT2D eigenvalue weighted by Crippen LogP contribution is -2.29. The predicted molar refractivity (Wildman–Crippen MR) is 71.2 cm³/mol. The molecular formula is C12H16N2O6S. The van der Waals surface area contributed by atoms with Gasteiger partial charge >= 0.3 is 5.97 Å². The summed E-state index contributed by atoms with van der Waals surface area (Å²) in [4.78, 5) is 24.4. The molecule has 0 aromatic carbocycles. The van der Waals surface area contributed by atoms with Crippen molar-refractivity contribution >= 4 is 21.9 Å². The third-order valence-corrected chi connectivity index (χ3v) is 5.07. The highest BCUT2D eigenvalue weighted by atomic mass is 32.2. The van der Waals surface area contributed by atoms with Crippen LogP contribution < -0.4 is 0 Å². The maximum atomic E-state index is 12.2. The zero-order valence-corrected chi connectivity index (χ0v) is 12.5. The number of sulfonamides is 1. The molecule has 9 heteroatoms. The van der Waals surface area contributed by atoms with Crippen molar-refractivity contribution in [3.8, 4) is 0 Å². The molecule has 1 fully saturated rings. The second kappa shape index (κ2) is 5.49. The van der Waals surface area contributed by atoms with Gasteiger partial charge in [0.25, 0.3) is 15.9 Å². The molecule has 0 radical (unpaired) electrons. The van der Waals surface area contributed by atoms with Crippen LogP contribution in [-0.4, -0.2) is 61.8 Å². The first-order chi connectivity index (χ1) is 9.73. The van der Waals surface area contributed by atoms with Gasteiger partial charge in [0.05, 0.1) is 11.5 Å². The molecule has 0 saturated carbocycles. The first-order valence-corrected chi connectivity index (χ1v) is 7.70. The number of carboxylic acids is 1. The SMILES string of the molecule is CN(C)S(=O)(=O)c1cc(C(=O)N2CCC(C(=O)O)C2)co1. The number of furan rings is 1. The summed E-state index contributed by atoms with van der Waals surface area (Å²) in [5, 5.41) is 8.60. The Hall–Kier alpha value is -1.87. The van der Waals surface area contributed by atoms with Gasteiger partial charge in [-0.1, -0.05) is 0 Å². The van der Waals surface area contributed by atoms with Crippen LogP contribution in [0.25, 0.3) is 0 Å². The Morgan fingerprint density at radius 1 is 1.43 bits per heavy atom. The van der Waals surface area contributed by atoms with Crippen LogP contribution in [0, 0.1) is 5.92 Å². The van der Waals surface area contributed by atoms with Crippen molar-refractivity contribution < 1.29 is 27.5 Å². The Labute approximate surface area is 122 Å². The number of amides is 1. The molecule has 1 aromatic rings. The minimum absolute atomic E-state index is 0.0986. The number of aliphatic carboxylic acids is 1. The molecule has 1 saturated heterocycles. The molecule has 1 N–H and O–H groups in total. The smallest absolute Gasteiger partial charge is 0.308 e. The predicted octanol–water partition coefficient (Wildman–Crippen LogP) is 0.0766. The van der Waals surface area contributed by atoms with Gasteiger partial charge in [-0.25, -0.2) is 12.7 Å². The molecule has 1 aliphatic heterocycles. The van der Waals surface area contributed by atoms with Crippen molar-refractivity contribution in [1.29, 1.82) is 0 Å². The van der Waals surface area contributed by atoms with Crippen LogP contribution in [0.4, 0.5) is 0 Å². The molecule has 1 amide bonds. The lowest BCUT2D eigenvalue weighted by Gasteiger charge is -2.14. The van der Waals surface area contributed by atoms with E-state index in [0.29, 0.717) is 13.0 Å². The average molecular weight is 316 g/mol. The number of carboxylic acid groups (broad SMARTS) is 1. The highest BCUT2D eigenvalue weighted by molar-refractivity contribution is 7.88. The Morgan fingerprint density at radius 3 is 2.62 bits per heavy atom. The second-order valence-corrected chi connectivity index (χ2v) is 7.10. The number of nitrogens with zero attached hydrogens (tertiary/aromatic N) is 2. The molecule has 0 bridgehead atoms. The molecule has 116 valence electrons. The summed E-state index contributed by atoms with van der Waals surface area (Å²) in [6, 6.07) is 1.16. The molecule has 21 heavy (non-hydrogen) atoms. The number of rotatable bonds is 4. The molecule has 2 heterocycles. The minimum atomic E-state index is -3.74. The number of carbonyl (C=O) groups is 2. The summed E-state index contributed by atoms with van der Waals surface area (Å²) >= 11 is 0.